The minimum atomic E-state index is -0.751. The molecule has 1 heterocycles. The van der Waals surface area contributed by atoms with Gasteiger partial charge in [-0.3, -0.25) is 4.79 Å². The zero-order valence-corrected chi connectivity index (χ0v) is 9.72. The number of nitrogens with one attached hydrogen (secondary N) is 1. The number of rotatable bonds is 7. The average Bonchev–Trinajstić information content (AvgIpc) is 2.70. The first-order chi connectivity index (χ1) is 7.24. The Hall–Kier alpha value is -0.870. The second kappa shape index (κ2) is 6.58. The van der Waals surface area contributed by atoms with E-state index in [0.717, 1.165) is 18.4 Å². The van der Waals surface area contributed by atoms with Gasteiger partial charge in [-0.2, -0.15) is 11.3 Å². The van der Waals surface area contributed by atoms with Crippen LogP contribution >= 0.6 is 11.3 Å². The van der Waals surface area contributed by atoms with Crippen LogP contribution in [0.3, 0.4) is 0 Å². The summed E-state index contributed by atoms with van der Waals surface area (Å²) in [5.74, 6) is -0.751. The van der Waals surface area contributed by atoms with Crippen LogP contribution in [0.4, 0.5) is 0 Å². The molecule has 4 heteroatoms. The van der Waals surface area contributed by atoms with Gasteiger partial charge < -0.3 is 10.4 Å². The van der Waals surface area contributed by atoms with E-state index in [1.54, 1.807) is 11.3 Å². The zero-order chi connectivity index (χ0) is 11.1. The molecule has 84 valence electrons. The second-order valence-electron chi connectivity index (χ2n) is 3.55. The summed E-state index contributed by atoms with van der Waals surface area (Å²) in [6, 6.07) is 1.60. The van der Waals surface area contributed by atoms with Crippen molar-refractivity contribution in [3.63, 3.8) is 0 Å². The van der Waals surface area contributed by atoms with Gasteiger partial charge in [-0.25, -0.2) is 0 Å². The summed E-state index contributed by atoms with van der Waals surface area (Å²) in [6.07, 6.45) is 2.69. The summed E-state index contributed by atoms with van der Waals surface area (Å²) in [6.45, 7) is 2.71. The highest BCUT2D eigenvalue weighted by molar-refractivity contribution is 7.07. The molecule has 1 aromatic heterocycles. The van der Waals surface area contributed by atoms with E-state index in [4.69, 9.17) is 5.11 Å². The van der Waals surface area contributed by atoms with Crippen molar-refractivity contribution in [3.8, 4) is 0 Å². The third-order valence-corrected chi connectivity index (χ3v) is 3.01. The van der Waals surface area contributed by atoms with E-state index in [0.29, 0.717) is 13.0 Å². The van der Waals surface area contributed by atoms with Gasteiger partial charge in [0.15, 0.2) is 0 Å². The molecule has 0 amide bonds. The fourth-order valence-electron chi connectivity index (χ4n) is 1.36. The largest absolute Gasteiger partial charge is 0.480 e. The number of thiophene rings is 1. The first-order valence-electron chi connectivity index (χ1n) is 5.21. The van der Waals surface area contributed by atoms with Crippen molar-refractivity contribution in [1.82, 2.24) is 5.32 Å². The predicted molar refractivity (Wildman–Crippen MR) is 62.1 cm³/mol. The Kier molecular flexibility index (Phi) is 5.36. The molecule has 1 rings (SSSR count). The normalized spacial score (nSPS) is 12.6. The van der Waals surface area contributed by atoms with Crippen LogP contribution in [0.15, 0.2) is 16.8 Å². The topological polar surface area (TPSA) is 49.3 Å². The van der Waals surface area contributed by atoms with Crippen LogP contribution in [0, 0.1) is 0 Å². The summed E-state index contributed by atoms with van der Waals surface area (Å²) >= 11 is 1.63. The number of unbranched alkanes of at least 4 members (excludes halogenated alkanes) is 1. The second-order valence-corrected chi connectivity index (χ2v) is 4.33. The van der Waals surface area contributed by atoms with E-state index < -0.39 is 12.0 Å². The number of aliphatic carboxylic acids is 1. The summed E-state index contributed by atoms with van der Waals surface area (Å²) in [7, 11) is 0. The number of carboxylic acid groups (broad SMARTS) is 1. The fraction of sp³-hybridized carbons (Fsp3) is 0.545. The minimum absolute atomic E-state index is 0.412. The number of hydrogen-bond donors (Lipinski definition) is 2. The van der Waals surface area contributed by atoms with Crippen molar-refractivity contribution < 1.29 is 9.90 Å². The Morgan fingerprint density at radius 3 is 3.00 bits per heavy atom. The lowest BCUT2D eigenvalue weighted by Gasteiger charge is -2.13. The molecule has 0 saturated carbocycles. The predicted octanol–water partition coefficient (Wildman–Crippen LogP) is 2.48. The quantitative estimate of drug-likeness (QED) is 0.752. The smallest absolute Gasteiger partial charge is 0.320 e. The van der Waals surface area contributed by atoms with Crippen LogP contribution < -0.4 is 5.32 Å². The molecule has 1 aromatic rings. The van der Waals surface area contributed by atoms with Gasteiger partial charge in [-0.05, 0) is 28.8 Å². The van der Waals surface area contributed by atoms with Gasteiger partial charge in [0.2, 0.25) is 0 Å². The summed E-state index contributed by atoms with van der Waals surface area (Å²) in [5.41, 5.74) is 1.16. The Morgan fingerprint density at radius 1 is 1.67 bits per heavy atom. The molecule has 1 atom stereocenters. The number of carboxylic acids is 1. The third kappa shape index (κ3) is 4.44. The van der Waals surface area contributed by atoms with Gasteiger partial charge in [-0.15, -0.1) is 0 Å². The minimum Gasteiger partial charge on any atom is -0.480 e. The van der Waals surface area contributed by atoms with Crippen molar-refractivity contribution in [1.29, 1.82) is 0 Å². The first-order valence-corrected chi connectivity index (χ1v) is 6.15. The fourth-order valence-corrected chi connectivity index (χ4v) is 2.02. The van der Waals surface area contributed by atoms with Gasteiger partial charge >= 0.3 is 5.97 Å². The van der Waals surface area contributed by atoms with Crippen LogP contribution in [0.1, 0.15) is 31.7 Å². The highest BCUT2D eigenvalue weighted by Crippen LogP contribution is 2.07. The number of hydrogen-bond acceptors (Lipinski definition) is 3. The van der Waals surface area contributed by atoms with E-state index in [1.165, 1.54) is 0 Å². The van der Waals surface area contributed by atoms with Crippen molar-refractivity contribution in [2.24, 2.45) is 0 Å². The number of carbonyl (C=O) groups is 1. The average molecular weight is 227 g/mol. The molecule has 15 heavy (non-hydrogen) atoms. The van der Waals surface area contributed by atoms with Gasteiger partial charge in [0, 0.05) is 6.54 Å². The maximum Gasteiger partial charge on any atom is 0.320 e. The van der Waals surface area contributed by atoms with Gasteiger partial charge in [0.25, 0.3) is 0 Å². The lowest BCUT2D eigenvalue weighted by molar-refractivity contribution is -0.139. The Morgan fingerprint density at radius 2 is 2.47 bits per heavy atom. The van der Waals surface area contributed by atoms with Crippen molar-refractivity contribution in [2.75, 3.05) is 0 Å². The Bertz CT molecular complexity index is 285. The Balaban J connectivity index is 2.34. The molecule has 2 N–H and O–H groups in total. The van der Waals surface area contributed by atoms with E-state index in [-0.39, 0.29) is 0 Å². The van der Waals surface area contributed by atoms with Gasteiger partial charge in [0.05, 0.1) is 0 Å². The molecule has 0 aliphatic heterocycles. The molecule has 0 aliphatic rings. The van der Waals surface area contributed by atoms with Crippen LogP contribution in [0.2, 0.25) is 0 Å². The van der Waals surface area contributed by atoms with E-state index in [1.807, 2.05) is 16.8 Å². The standard InChI is InChI=1S/C11H17NO2S/c1-2-3-4-10(11(13)14)12-7-9-5-6-15-8-9/h5-6,8,10,12H,2-4,7H2,1H3,(H,13,14). The summed E-state index contributed by atoms with van der Waals surface area (Å²) < 4.78 is 0. The molecule has 1 unspecified atom stereocenters. The maximum absolute atomic E-state index is 10.9. The van der Waals surface area contributed by atoms with E-state index in [2.05, 4.69) is 12.2 Å². The lowest BCUT2D eigenvalue weighted by Crippen LogP contribution is -2.35. The zero-order valence-electron chi connectivity index (χ0n) is 8.90. The first kappa shape index (κ1) is 12.2. The van der Waals surface area contributed by atoms with Crippen LogP contribution in [-0.4, -0.2) is 17.1 Å². The molecule has 0 fully saturated rings. The molecule has 0 radical (unpaired) electrons. The van der Waals surface area contributed by atoms with Crippen LogP contribution in [0.5, 0.6) is 0 Å². The SMILES string of the molecule is CCCCC(NCc1ccsc1)C(=O)O. The van der Waals surface area contributed by atoms with Gasteiger partial charge in [0.1, 0.15) is 6.04 Å². The summed E-state index contributed by atoms with van der Waals surface area (Å²) in [5, 5.41) is 16.1. The van der Waals surface area contributed by atoms with E-state index in [9.17, 15) is 4.79 Å². The molecule has 0 saturated heterocycles. The molecule has 0 bridgehead atoms. The maximum atomic E-state index is 10.9. The van der Waals surface area contributed by atoms with Crippen LogP contribution in [-0.2, 0) is 11.3 Å². The molecule has 0 aliphatic carbocycles. The summed E-state index contributed by atoms with van der Waals surface area (Å²) in [4.78, 5) is 10.9. The molecule has 0 spiro atoms. The molecule has 3 nitrogen and oxygen atoms in total. The van der Waals surface area contributed by atoms with Crippen molar-refractivity contribution in [3.05, 3.63) is 22.4 Å². The molecular weight excluding hydrogens is 210 g/mol. The Labute approximate surface area is 94.1 Å². The van der Waals surface area contributed by atoms with Crippen molar-refractivity contribution in [2.45, 2.75) is 38.8 Å². The van der Waals surface area contributed by atoms with Gasteiger partial charge in [-0.1, -0.05) is 19.8 Å². The monoisotopic (exact) mass is 227 g/mol. The molecule has 0 aromatic carbocycles. The highest BCUT2D eigenvalue weighted by Gasteiger charge is 2.15. The lowest BCUT2D eigenvalue weighted by atomic mass is 10.1. The highest BCUT2D eigenvalue weighted by atomic mass is 32.1. The van der Waals surface area contributed by atoms with Crippen molar-refractivity contribution >= 4 is 17.3 Å². The molecular formula is C11H17NO2S. The van der Waals surface area contributed by atoms with Crippen LogP contribution in [0.25, 0.3) is 0 Å². The van der Waals surface area contributed by atoms with E-state index >= 15 is 0 Å². The third-order valence-electron chi connectivity index (χ3n) is 2.28.